The standard InChI is InChI=1S/C17H25NO2/c1-13(19)15-8-5-9-16(12-15)18-17(20)11-10-14-6-3-2-4-7-14/h5,8-9,12-14,19H,2-4,6-7,10-11H2,1H3,(H,18,20)/t13-/m0/s1. The molecule has 1 aliphatic carbocycles. The van der Waals surface area contributed by atoms with Gasteiger partial charge in [0.1, 0.15) is 0 Å². The van der Waals surface area contributed by atoms with Crippen LogP contribution in [-0.2, 0) is 4.79 Å². The van der Waals surface area contributed by atoms with Gasteiger partial charge in [-0.2, -0.15) is 0 Å². The Kier molecular flexibility index (Phi) is 5.60. The topological polar surface area (TPSA) is 49.3 Å². The average Bonchev–Trinajstić information content (AvgIpc) is 2.46. The van der Waals surface area contributed by atoms with Crippen molar-refractivity contribution in [3.05, 3.63) is 29.8 Å². The number of amides is 1. The summed E-state index contributed by atoms with van der Waals surface area (Å²) in [7, 11) is 0. The second-order valence-corrected chi connectivity index (χ2v) is 5.89. The highest BCUT2D eigenvalue weighted by Gasteiger charge is 2.15. The fourth-order valence-electron chi connectivity index (χ4n) is 2.91. The number of nitrogens with one attached hydrogen (secondary N) is 1. The van der Waals surface area contributed by atoms with E-state index in [-0.39, 0.29) is 5.91 Å². The molecular formula is C17H25NO2. The van der Waals surface area contributed by atoms with Gasteiger partial charge in [0, 0.05) is 12.1 Å². The van der Waals surface area contributed by atoms with Gasteiger partial charge in [0.05, 0.1) is 6.10 Å². The van der Waals surface area contributed by atoms with Gasteiger partial charge in [-0.05, 0) is 37.0 Å². The minimum absolute atomic E-state index is 0.0818. The predicted octanol–water partition coefficient (Wildman–Crippen LogP) is 4.04. The molecule has 0 spiro atoms. The molecule has 0 saturated heterocycles. The Hall–Kier alpha value is -1.35. The van der Waals surface area contributed by atoms with E-state index >= 15 is 0 Å². The van der Waals surface area contributed by atoms with E-state index < -0.39 is 6.10 Å². The Bertz CT molecular complexity index is 436. The summed E-state index contributed by atoms with van der Waals surface area (Å²) < 4.78 is 0. The van der Waals surface area contributed by atoms with Gasteiger partial charge in [-0.1, -0.05) is 44.2 Å². The number of rotatable bonds is 5. The van der Waals surface area contributed by atoms with Gasteiger partial charge in [0.15, 0.2) is 0 Å². The molecular weight excluding hydrogens is 250 g/mol. The van der Waals surface area contributed by atoms with Crippen LogP contribution in [0.5, 0.6) is 0 Å². The molecule has 0 heterocycles. The average molecular weight is 275 g/mol. The molecule has 110 valence electrons. The number of aliphatic hydroxyl groups is 1. The highest BCUT2D eigenvalue weighted by molar-refractivity contribution is 5.90. The number of benzene rings is 1. The zero-order chi connectivity index (χ0) is 14.4. The van der Waals surface area contributed by atoms with Crippen LogP contribution in [0.15, 0.2) is 24.3 Å². The molecule has 2 rings (SSSR count). The minimum atomic E-state index is -0.505. The van der Waals surface area contributed by atoms with Crippen molar-refractivity contribution in [2.45, 2.75) is 58.0 Å². The first-order valence-corrected chi connectivity index (χ1v) is 7.73. The molecule has 1 saturated carbocycles. The number of carbonyl (C=O) groups is 1. The number of hydrogen-bond acceptors (Lipinski definition) is 2. The van der Waals surface area contributed by atoms with Crippen molar-refractivity contribution >= 4 is 11.6 Å². The number of carbonyl (C=O) groups excluding carboxylic acids is 1. The van der Waals surface area contributed by atoms with E-state index in [0.717, 1.165) is 23.6 Å². The third kappa shape index (κ3) is 4.64. The number of aliphatic hydroxyl groups excluding tert-OH is 1. The Morgan fingerprint density at radius 1 is 1.35 bits per heavy atom. The van der Waals surface area contributed by atoms with E-state index in [9.17, 15) is 9.90 Å². The van der Waals surface area contributed by atoms with Crippen molar-refractivity contribution < 1.29 is 9.90 Å². The van der Waals surface area contributed by atoms with Crippen LogP contribution < -0.4 is 5.32 Å². The van der Waals surface area contributed by atoms with Crippen LogP contribution >= 0.6 is 0 Å². The van der Waals surface area contributed by atoms with Crippen molar-refractivity contribution in [1.82, 2.24) is 0 Å². The van der Waals surface area contributed by atoms with Gasteiger partial charge in [-0.3, -0.25) is 4.79 Å². The Morgan fingerprint density at radius 2 is 2.10 bits per heavy atom. The summed E-state index contributed by atoms with van der Waals surface area (Å²) in [6.07, 6.45) is 7.66. The summed E-state index contributed by atoms with van der Waals surface area (Å²) in [4.78, 5) is 12.0. The predicted molar refractivity (Wildman–Crippen MR) is 81.5 cm³/mol. The smallest absolute Gasteiger partial charge is 0.224 e. The van der Waals surface area contributed by atoms with E-state index in [1.807, 2.05) is 24.3 Å². The Labute approximate surface area is 121 Å². The molecule has 0 unspecified atom stereocenters. The lowest BCUT2D eigenvalue weighted by Crippen LogP contribution is -2.15. The third-order valence-electron chi connectivity index (χ3n) is 4.16. The second-order valence-electron chi connectivity index (χ2n) is 5.89. The first-order valence-electron chi connectivity index (χ1n) is 7.73. The highest BCUT2D eigenvalue weighted by atomic mass is 16.3. The molecule has 1 atom stereocenters. The van der Waals surface area contributed by atoms with Gasteiger partial charge in [0.25, 0.3) is 0 Å². The van der Waals surface area contributed by atoms with E-state index in [1.165, 1.54) is 32.1 Å². The van der Waals surface area contributed by atoms with Crippen molar-refractivity contribution in [3.8, 4) is 0 Å². The van der Waals surface area contributed by atoms with Gasteiger partial charge in [-0.25, -0.2) is 0 Å². The van der Waals surface area contributed by atoms with Crippen LogP contribution in [0.1, 0.15) is 63.5 Å². The van der Waals surface area contributed by atoms with Crippen LogP contribution in [0.25, 0.3) is 0 Å². The lowest BCUT2D eigenvalue weighted by molar-refractivity contribution is -0.116. The normalized spacial score (nSPS) is 17.7. The van der Waals surface area contributed by atoms with Crippen molar-refractivity contribution in [3.63, 3.8) is 0 Å². The zero-order valence-electron chi connectivity index (χ0n) is 12.3. The van der Waals surface area contributed by atoms with Crippen LogP contribution in [0.2, 0.25) is 0 Å². The molecule has 1 aliphatic rings. The van der Waals surface area contributed by atoms with E-state index in [2.05, 4.69) is 5.32 Å². The minimum Gasteiger partial charge on any atom is -0.389 e. The van der Waals surface area contributed by atoms with Gasteiger partial charge in [-0.15, -0.1) is 0 Å². The van der Waals surface area contributed by atoms with Gasteiger partial charge < -0.3 is 10.4 Å². The molecule has 0 aliphatic heterocycles. The molecule has 0 bridgehead atoms. The molecule has 1 amide bonds. The fourth-order valence-corrected chi connectivity index (χ4v) is 2.91. The zero-order valence-corrected chi connectivity index (χ0v) is 12.3. The van der Waals surface area contributed by atoms with Crippen LogP contribution in [0, 0.1) is 5.92 Å². The lowest BCUT2D eigenvalue weighted by atomic mass is 9.86. The van der Waals surface area contributed by atoms with Crippen LogP contribution in [0.3, 0.4) is 0 Å². The SMILES string of the molecule is C[C@H](O)c1cccc(NC(=O)CCC2CCCCC2)c1. The first kappa shape index (κ1) is 15.0. The summed E-state index contributed by atoms with van der Waals surface area (Å²) in [6.45, 7) is 1.73. The monoisotopic (exact) mass is 275 g/mol. The Balaban J connectivity index is 1.80. The first-order chi connectivity index (χ1) is 9.65. The molecule has 2 N–H and O–H groups in total. The van der Waals surface area contributed by atoms with E-state index in [1.54, 1.807) is 6.92 Å². The molecule has 20 heavy (non-hydrogen) atoms. The maximum atomic E-state index is 12.0. The summed E-state index contributed by atoms with van der Waals surface area (Å²) in [6, 6.07) is 7.43. The maximum absolute atomic E-state index is 12.0. The summed E-state index contributed by atoms with van der Waals surface area (Å²) in [5.74, 6) is 0.816. The van der Waals surface area contributed by atoms with Crippen molar-refractivity contribution in [1.29, 1.82) is 0 Å². The van der Waals surface area contributed by atoms with Crippen LogP contribution in [0.4, 0.5) is 5.69 Å². The largest absolute Gasteiger partial charge is 0.389 e. The van der Waals surface area contributed by atoms with E-state index in [0.29, 0.717) is 6.42 Å². The Morgan fingerprint density at radius 3 is 2.80 bits per heavy atom. The molecule has 3 nitrogen and oxygen atoms in total. The van der Waals surface area contributed by atoms with Gasteiger partial charge in [0.2, 0.25) is 5.91 Å². The van der Waals surface area contributed by atoms with Crippen LogP contribution in [-0.4, -0.2) is 11.0 Å². The molecule has 0 radical (unpaired) electrons. The molecule has 0 aromatic heterocycles. The van der Waals surface area contributed by atoms with Gasteiger partial charge >= 0.3 is 0 Å². The summed E-state index contributed by atoms with van der Waals surface area (Å²) in [5, 5.41) is 12.5. The lowest BCUT2D eigenvalue weighted by Gasteiger charge is -2.21. The quantitative estimate of drug-likeness (QED) is 0.852. The molecule has 1 aromatic carbocycles. The number of anilines is 1. The van der Waals surface area contributed by atoms with Crippen molar-refractivity contribution in [2.75, 3.05) is 5.32 Å². The maximum Gasteiger partial charge on any atom is 0.224 e. The molecule has 1 aromatic rings. The fraction of sp³-hybridized carbons (Fsp3) is 0.588. The highest BCUT2D eigenvalue weighted by Crippen LogP contribution is 2.27. The van der Waals surface area contributed by atoms with Crippen molar-refractivity contribution in [2.24, 2.45) is 5.92 Å². The third-order valence-corrected chi connectivity index (χ3v) is 4.16. The summed E-state index contributed by atoms with van der Waals surface area (Å²) in [5.41, 5.74) is 1.60. The second kappa shape index (κ2) is 7.44. The number of hydrogen-bond donors (Lipinski definition) is 2. The molecule has 1 fully saturated rings. The van der Waals surface area contributed by atoms with E-state index in [4.69, 9.17) is 0 Å². The molecule has 3 heteroatoms. The summed E-state index contributed by atoms with van der Waals surface area (Å²) >= 11 is 0.